The van der Waals surface area contributed by atoms with Gasteiger partial charge in [-0.05, 0) is 20.5 Å². The van der Waals surface area contributed by atoms with E-state index in [4.69, 9.17) is 5.73 Å². The van der Waals surface area contributed by atoms with Crippen LogP contribution in [0.4, 0.5) is 0 Å². The molecule has 0 atom stereocenters. The highest BCUT2D eigenvalue weighted by molar-refractivity contribution is 5.91. The first kappa shape index (κ1) is 17.5. The van der Waals surface area contributed by atoms with Gasteiger partial charge in [0.2, 0.25) is 5.91 Å². The number of nitrogens with two attached hydrogens (primary N) is 1. The number of nitrogens with one attached hydrogen (secondary N) is 1. The molecule has 0 rings (SSSR count). The molecule has 0 saturated heterocycles. The van der Waals surface area contributed by atoms with Crippen LogP contribution in [-0.2, 0) is 4.79 Å². The smallest absolute Gasteiger partial charge is 0.244 e. The van der Waals surface area contributed by atoms with Gasteiger partial charge in [-0.3, -0.25) is 4.79 Å². The van der Waals surface area contributed by atoms with Crippen molar-refractivity contribution in [1.82, 2.24) is 5.32 Å². The van der Waals surface area contributed by atoms with Crippen LogP contribution in [0, 0.1) is 0 Å². The zero-order valence-electron chi connectivity index (χ0n) is 8.02. The summed E-state index contributed by atoms with van der Waals surface area (Å²) in [5, 5.41) is 2.75. The van der Waals surface area contributed by atoms with Crippen LogP contribution in [-0.4, -0.2) is 20.0 Å². The summed E-state index contributed by atoms with van der Waals surface area (Å²) in [4.78, 5) is 10.2. The molecule has 0 aromatic rings. The molecule has 0 unspecified atom stereocenters. The second-order valence-electron chi connectivity index (χ2n) is 2.22. The third-order valence-corrected chi connectivity index (χ3v) is 0.900. The molecule has 12 heavy (non-hydrogen) atoms. The van der Waals surface area contributed by atoms with Gasteiger partial charge in [-0.15, -0.1) is 12.4 Å². The topological polar surface area (TPSA) is 55.1 Å². The van der Waals surface area contributed by atoms with Gasteiger partial charge in [0.15, 0.2) is 0 Å². The predicted molar refractivity (Wildman–Crippen MR) is 55.5 cm³/mol. The Morgan fingerprint density at radius 1 is 1.50 bits per heavy atom. The fraction of sp³-hybridized carbons (Fsp3) is 0.625. The summed E-state index contributed by atoms with van der Waals surface area (Å²) < 4.78 is 0. The Labute approximate surface area is 80.8 Å². The van der Waals surface area contributed by atoms with Crippen LogP contribution in [0.3, 0.4) is 0 Å². The van der Waals surface area contributed by atoms with E-state index in [0.717, 1.165) is 12.8 Å². The minimum atomic E-state index is -0.383. The Balaban J connectivity index is -0.000000177. The van der Waals surface area contributed by atoms with Crippen LogP contribution < -0.4 is 11.1 Å². The molecule has 3 N–H and O–H groups in total. The fourth-order valence-corrected chi connectivity index (χ4v) is 0.425. The number of rotatable bonds is 3. The first-order valence-corrected chi connectivity index (χ1v) is 3.66. The molecular formula is C8H19ClN2O. The van der Waals surface area contributed by atoms with Gasteiger partial charge in [-0.25, -0.2) is 0 Å². The highest BCUT2D eigenvalue weighted by atomic mass is 35.5. The van der Waals surface area contributed by atoms with Crippen molar-refractivity contribution in [3.05, 3.63) is 12.2 Å². The average Bonchev–Trinajstić information content (AvgIpc) is 1.90. The molecule has 0 heterocycles. The van der Waals surface area contributed by atoms with Crippen LogP contribution in [0.1, 0.15) is 19.8 Å². The van der Waals surface area contributed by atoms with Gasteiger partial charge >= 0.3 is 0 Å². The first-order chi connectivity index (χ1) is 5.09. The highest BCUT2D eigenvalue weighted by Gasteiger charge is 1.96. The molecular weight excluding hydrogens is 176 g/mol. The molecule has 3 nitrogen and oxygen atoms in total. The van der Waals surface area contributed by atoms with Gasteiger partial charge in [0.25, 0.3) is 0 Å². The number of carbonyl (C=O) groups excluding carboxylic acids is 1. The number of amides is 1. The number of halogens is 1. The molecule has 0 radical (unpaired) electrons. The molecule has 0 aromatic heterocycles. The van der Waals surface area contributed by atoms with Crippen molar-refractivity contribution < 1.29 is 4.79 Å². The average molecular weight is 195 g/mol. The van der Waals surface area contributed by atoms with Crippen molar-refractivity contribution in [2.75, 3.05) is 14.1 Å². The number of primary amides is 1. The molecule has 4 heteroatoms. The van der Waals surface area contributed by atoms with Crippen molar-refractivity contribution in [1.29, 1.82) is 0 Å². The Bertz CT molecular complexity index is 126. The maximum Gasteiger partial charge on any atom is 0.244 e. The van der Waals surface area contributed by atoms with Crippen LogP contribution in [0.5, 0.6) is 0 Å². The third kappa shape index (κ3) is 16.2. The lowest BCUT2D eigenvalue weighted by molar-refractivity contribution is -0.114. The molecule has 0 aliphatic carbocycles. The van der Waals surface area contributed by atoms with Gasteiger partial charge in [-0.1, -0.05) is 19.9 Å². The maximum absolute atomic E-state index is 10.2. The van der Waals surface area contributed by atoms with Gasteiger partial charge < -0.3 is 11.1 Å². The number of hydrogen-bond acceptors (Lipinski definition) is 2. The Kier molecular flexibility index (Phi) is 19.1. The normalized spacial score (nSPS) is 7.25. The molecule has 0 fully saturated rings. The zero-order chi connectivity index (χ0) is 9.28. The standard InChI is InChI=1S/C6H11NO.C2H7N.ClH/c1-3-4-5(2)6(7)8;1-3-2;/h2-4H2,1H3,(H2,7,8);3H,1-2H3;1H. The van der Waals surface area contributed by atoms with Crippen LogP contribution >= 0.6 is 12.4 Å². The van der Waals surface area contributed by atoms with Crippen molar-refractivity contribution in [2.24, 2.45) is 5.73 Å². The summed E-state index contributed by atoms with van der Waals surface area (Å²) in [6, 6.07) is 0. The van der Waals surface area contributed by atoms with Gasteiger partial charge in [0.1, 0.15) is 0 Å². The van der Waals surface area contributed by atoms with Crippen molar-refractivity contribution in [2.45, 2.75) is 19.8 Å². The second kappa shape index (κ2) is 13.1. The van der Waals surface area contributed by atoms with E-state index in [1.54, 1.807) is 0 Å². The summed E-state index contributed by atoms with van der Waals surface area (Å²) in [5.41, 5.74) is 5.40. The second-order valence-corrected chi connectivity index (χ2v) is 2.22. The van der Waals surface area contributed by atoms with E-state index < -0.39 is 0 Å². The predicted octanol–water partition coefficient (Wildman–Crippen LogP) is 1.09. The summed E-state index contributed by atoms with van der Waals surface area (Å²) >= 11 is 0. The van der Waals surface area contributed by atoms with Crippen molar-refractivity contribution in [3.63, 3.8) is 0 Å². The number of carbonyl (C=O) groups is 1. The maximum atomic E-state index is 10.2. The molecule has 0 bridgehead atoms. The Hall–Kier alpha value is -0.540. The number of hydrogen-bond donors (Lipinski definition) is 2. The third-order valence-electron chi connectivity index (χ3n) is 0.900. The largest absolute Gasteiger partial charge is 0.366 e. The van der Waals surface area contributed by atoms with E-state index in [1.165, 1.54) is 0 Å². The Morgan fingerprint density at radius 3 is 1.92 bits per heavy atom. The van der Waals surface area contributed by atoms with E-state index in [2.05, 4.69) is 11.9 Å². The van der Waals surface area contributed by atoms with Crippen LogP contribution in [0.25, 0.3) is 0 Å². The van der Waals surface area contributed by atoms with E-state index in [-0.39, 0.29) is 18.3 Å². The lowest BCUT2D eigenvalue weighted by Crippen LogP contribution is -2.12. The van der Waals surface area contributed by atoms with Crippen LogP contribution in [0.2, 0.25) is 0 Å². The highest BCUT2D eigenvalue weighted by Crippen LogP contribution is 1.98. The van der Waals surface area contributed by atoms with Gasteiger partial charge in [0, 0.05) is 5.57 Å². The van der Waals surface area contributed by atoms with Crippen molar-refractivity contribution >= 4 is 18.3 Å². The van der Waals surface area contributed by atoms with E-state index in [1.807, 2.05) is 21.0 Å². The molecule has 74 valence electrons. The summed E-state index contributed by atoms with van der Waals surface area (Å²) in [5.74, 6) is -0.383. The van der Waals surface area contributed by atoms with E-state index in [9.17, 15) is 4.79 Å². The van der Waals surface area contributed by atoms with Crippen molar-refractivity contribution in [3.8, 4) is 0 Å². The fourth-order valence-electron chi connectivity index (χ4n) is 0.425. The molecule has 1 amide bonds. The Morgan fingerprint density at radius 2 is 1.83 bits per heavy atom. The summed E-state index contributed by atoms with van der Waals surface area (Å²) in [6.45, 7) is 5.45. The summed E-state index contributed by atoms with van der Waals surface area (Å²) in [7, 11) is 3.75. The zero-order valence-corrected chi connectivity index (χ0v) is 8.83. The van der Waals surface area contributed by atoms with E-state index in [0.29, 0.717) is 5.57 Å². The lowest BCUT2D eigenvalue weighted by atomic mass is 10.2. The minimum Gasteiger partial charge on any atom is -0.366 e. The lowest BCUT2D eigenvalue weighted by Gasteiger charge is -1.93. The van der Waals surface area contributed by atoms with Gasteiger partial charge in [0.05, 0.1) is 0 Å². The van der Waals surface area contributed by atoms with Crippen LogP contribution in [0.15, 0.2) is 12.2 Å². The van der Waals surface area contributed by atoms with E-state index >= 15 is 0 Å². The first-order valence-electron chi connectivity index (χ1n) is 3.66. The molecule has 0 aliphatic rings. The minimum absolute atomic E-state index is 0. The van der Waals surface area contributed by atoms with Gasteiger partial charge in [-0.2, -0.15) is 0 Å². The molecule has 0 aliphatic heterocycles. The quantitative estimate of drug-likeness (QED) is 0.661. The SMILES string of the molecule is C=C(CCC)C(N)=O.CNC.Cl. The monoisotopic (exact) mass is 194 g/mol. The molecule has 0 spiro atoms. The summed E-state index contributed by atoms with van der Waals surface area (Å²) in [6.07, 6.45) is 1.65. The molecule has 0 saturated carbocycles. The molecule has 0 aromatic carbocycles.